The number of carbonyl (C=O) groups is 5. The highest BCUT2D eigenvalue weighted by molar-refractivity contribution is 5.76. The molecule has 4 aliphatic rings. The lowest BCUT2D eigenvalue weighted by Gasteiger charge is -2.67. The van der Waals surface area contributed by atoms with Crippen molar-refractivity contribution in [3.8, 4) is 0 Å². The van der Waals surface area contributed by atoms with Crippen molar-refractivity contribution in [3.63, 3.8) is 0 Å². The van der Waals surface area contributed by atoms with Crippen LogP contribution in [0.15, 0.2) is 34.7 Å². The predicted molar refractivity (Wildman–Crippen MR) is 197 cm³/mol. The van der Waals surface area contributed by atoms with Gasteiger partial charge in [0.15, 0.2) is 12.2 Å². The van der Waals surface area contributed by atoms with Crippen molar-refractivity contribution in [2.24, 2.45) is 39.9 Å². The summed E-state index contributed by atoms with van der Waals surface area (Å²) in [6, 6.07) is 1.89. The number of hydrogen-bond acceptors (Lipinski definition) is 13. The van der Waals surface area contributed by atoms with E-state index in [4.69, 9.17) is 28.1 Å². The molecule has 1 aromatic heterocycles. The van der Waals surface area contributed by atoms with Crippen LogP contribution in [-0.4, -0.2) is 82.8 Å². The predicted octanol–water partition coefficient (Wildman–Crippen LogP) is 5.59. The zero-order valence-corrected chi connectivity index (χ0v) is 33.9. The van der Waals surface area contributed by atoms with Crippen molar-refractivity contribution in [2.75, 3.05) is 6.61 Å². The lowest BCUT2D eigenvalue weighted by atomic mass is 9.39. The highest BCUT2D eigenvalue weighted by atomic mass is 16.6. The molecule has 13 nitrogen and oxygen atoms in total. The zero-order chi connectivity index (χ0) is 40.8. The molecule has 55 heavy (non-hydrogen) atoms. The van der Waals surface area contributed by atoms with Gasteiger partial charge in [-0.15, -0.1) is 0 Å². The summed E-state index contributed by atoms with van der Waals surface area (Å²) in [5.41, 5.74) is -2.79. The number of ether oxygens (including phenoxy) is 5. The topological polar surface area (TPSA) is 185 Å². The second kappa shape index (κ2) is 15.7. The Balaban J connectivity index is 1.73. The van der Waals surface area contributed by atoms with E-state index in [1.165, 1.54) is 13.8 Å². The van der Waals surface area contributed by atoms with E-state index in [1.54, 1.807) is 33.3 Å². The maximum Gasteiger partial charge on any atom is 0.335 e. The van der Waals surface area contributed by atoms with Gasteiger partial charge < -0.3 is 38.3 Å². The number of hydrogen-bond donors (Lipinski definition) is 2. The molecular weight excluding hydrogens is 712 g/mol. The number of fused-ring (bicyclic) bond motifs is 5. The van der Waals surface area contributed by atoms with Gasteiger partial charge in [-0.3, -0.25) is 14.4 Å². The standard InChI is InChI=1S/C42H60O13/c1-11-22(3)35(46)37(48)51-21-39(7)29-17-32(54-38(49)36(47)23(4)12-2)41(9)28-14-13-27(26-15-16-50-20-26)40(28,8)31(52-24(5)43)18-30(41)42(29,10)33(53-25(6)44)19-34(45)55-39/h14-16,20,22-23,27,29-33,35-36,46-47H,11-13,17-19,21H2,1-10H3/t22?,23?,27-,29-,30-,31-,32+,33-,35?,36?,39+,40-,41-,42-/m0/s1. The van der Waals surface area contributed by atoms with Crippen LogP contribution >= 0.6 is 0 Å². The van der Waals surface area contributed by atoms with Crippen molar-refractivity contribution in [1.29, 1.82) is 0 Å². The molecule has 14 atom stereocenters. The lowest BCUT2D eigenvalue weighted by Crippen LogP contribution is -2.70. The first kappa shape index (κ1) is 42.4. The monoisotopic (exact) mass is 772 g/mol. The zero-order valence-electron chi connectivity index (χ0n) is 33.9. The average molecular weight is 773 g/mol. The van der Waals surface area contributed by atoms with Crippen LogP contribution in [0.2, 0.25) is 0 Å². The molecule has 0 radical (unpaired) electrons. The molecule has 1 saturated heterocycles. The third-order valence-electron chi connectivity index (χ3n) is 14.2. The Morgan fingerprint density at radius 1 is 0.836 bits per heavy atom. The van der Waals surface area contributed by atoms with Gasteiger partial charge in [-0.1, -0.05) is 73.0 Å². The fourth-order valence-electron chi connectivity index (χ4n) is 10.7. The number of allylic oxidation sites excluding steroid dienone is 1. The van der Waals surface area contributed by atoms with Crippen molar-refractivity contribution in [2.45, 2.75) is 150 Å². The van der Waals surface area contributed by atoms with E-state index in [9.17, 15) is 34.2 Å². The minimum Gasteiger partial charge on any atom is -0.472 e. The SMILES string of the molecule is CCC(C)C(O)C(=O)OC[C@@]1(C)OC(=O)C[C@H](OC(C)=O)[C@@]2(C)[C@H]1C[C@@H](OC(=O)C(O)C(C)CC)[C@@]1(C)C3=CC[C@@H](c4ccoc4)[C@]3(C)[C@@H](OC(C)=O)C[C@@H]12. The van der Waals surface area contributed by atoms with Gasteiger partial charge in [-0.25, -0.2) is 9.59 Å². The van der Waals surface area contributed by atoms with E-state index in [0.29, 0.717) is 19.3 Å². The highest BCUT2D eigenvalue weighted by Crippen LogP contribution is 2.73. The number of furan rings is 1. The second-order valence-corrected chi connectivity index (χ2v) is 17.4. The molecule has 3 fully saturated rings. The first-order valence-corrected chi connectivity index (χ1v) is 19.7. The molecule has 0 spiro atoms. The quantitative estimate of drug-likeness (QED) is 0.152. The van der Waals surface area contributed by atoms with Crippen LogP contribution in [0, 0.1) is 39.9 Å². The molecule has 0 amide bonds. The summed E-state index contributed by atoms with van der Waals surface area (Å²) < 4.78 is 36.3. The molecule has 4 unspecified atom stereocenters. The van der Waals surface area contributed by atoms with Crippen LogP contribution in [0.4, 0.5) is 0 Å². The molecule has 306 valence electrons. The second-order valence-electron chi connectivity index (χ2n) is 17.4. The van der Waals surface area contributed by atoms with Gasteiger partial charge in [0.1, 0.15) is 30.5 Å². The van der Waals surface area contributed by atoms with E-state index >= 15 is 0 Å². The third kappa shape index (κ3) is 7.24. The van der Waals surface area contributed by atoms with Crippen LogP contribution in [0.3, 0.4) is 0 Å². The first-order valence-electron chi connectivity index (χ1n) is 19.7. The summed E-state index contributed by atoms with van der Waals surface area (Å²) >= 11 is 0. The minimum absolute atomic E-state index is 0.0531. The van der Waals surface area contributed by atoms with Crippen molar-refractivity contribution in [3.05, 3.63) is 35.8 Å². The molecule has 5 rings (SSSR count). The summed E-state index contributed by atoms with van der Waals surface area (Å²) in [6.07, 6.45) is 1.39. The van der Waals surface area contributed by atoms with Gasteiger partial charge in [0.25, 0.3) is 0 Å². The number of rotatable bonds is 12. The normalized spacial score (nSPS) is 37.6. The van der Waals surface area contributed by atoms with Crippen LogP contribution in [0.25, 0.3) is 0 Å². The Hall–Kier alpha value is -3.71. The van der Waals surface area contributed by atoms with E-state index in [0.717, 1.165) is 11.1 Å². The van der Waals surface area contributed by atoms with Gasteiger partial charge in [0.2, 0.25) is 0 Å². The number of aliphatic hydroxyl groups excluding tert-OH is 2. The van der Waals surface area contributed by atoms with Crippen LogP contribution in [0.1, 0.15) is 119 Å². The summed E-state index contributed by atoms with van der Waals surface area (Å²) in [5, 5.41) is 21.9. The van der Waals surface area contributed by atoms with Crippen LogP contribution in [-0.2, 0) is 47.7 Å². The molecule has 13 heteroatoms. The maximum absolute atomic E-state index is 13.9. The fraction of sp³-hybridized carbons (Fsp3) is 0.738. The Kier molecular flexibility index (Phi) is 12.1. The summed E-state index contributed by atoms with van der Waals surface area (Å²) in [5.74, 6) is -5.86. The highest BCUT2D eigenvalue weighted by Gasteiger charge is 2.74. The van der Waals surface area contributed by atoms with Crippen molar-refractivity contribution in [1.82, 2.24) is 0 Å². The van der Waals surface area contributed by atoms with Gasteiger partial charge in [-0.05, 0) is 55.6 Å². The molecule has 0 bridgehead atoms. The molecule has 1 aliphatic heterocycles. The molecular formula is C42H60O13. The number of aliphatic hydroxyl groups is 2. The van der Waals surface area contributed by atoms with E-state index in [-0.39, 0.29) is 25.2 Å². The minimum atomic E-state index is -1.58. The molecule has 2 saturated carbocycles. The van der Waals surface area contributed by atoms with E-state index < -0.39 is 112 Å². The van der Waals surface area contributed by atoms with Gasteiger partial charge >= 0.3 is 29.8 Å². The summed E-state index contributed by atoms with van der Waals surface area (Å²) in [7, 11) is 0. The molecule has 2 N–H and O–H groups in total. The third-order valence-corrected chi connectivity index (χ3v) is 14.2. The Bertz CT molecular complexity index is 1650. The lowest BCUT2D eigenvalue weighted by molar-refractivity contribution is -0.247. The first-order chi connectivity index (χ1) is 25.7. The van der Waals surface area contributed by atoms with Gasteiger partial charge in [0.05, 0.1) is 18.9 Å². The number of esters is 5. The van der Waals surface area contributed by atoms with E-state index in [2.05, 4.69) is 13.0 Å². The smallest absolute Gasteiger partial charge is 0.335 e. The molecule has 2 heterocycles. The van der Waals surface area contributed by atoms with Gasteiger partial charge in [-0.2, -0.15) is 0 Å². The van der Waals surface area contributed by atoms with Crippen molar-refractivity contribution < 1.29 is 62.3 Å². The largest absolute Gasteiger partial charge is 0.472 e. The Morgan fingerprint density at radius 2 is 1.40 bits per heavy atom. The Morgan fingerprint density at radius 3 is 1.96 bits per heavy atom. The average Bonchev–Trinajstić information content (AvgIpc) is 3.77. The van der Waals surface area contributed by atoms with Crippen LogP contribution in [0.5, 0.6) is 0 Å². The molecule has 1 aromatic rings. The fourth-order valence-corrected chi connectivity index (χ4v) is 10.7. The molecule has 3 aliphatic carbocycles. The van der Waals surface area contributed by atoms with Crippen LogP contribution < -0.4 is 0 Å². The summed E-state index contributed by atoms with van der Waals surface area (Å²) in [4.78, 5) is 66.8. The maximum atomic E-state index is 13.9. The number of carbonyl (C=O) groups excluding carboxylic acids is 5. The van der Waals surface area contributed by atoms with E-state index in [1.807, 2.05) is 33.8 Å². The Labute approximate surface area is 323 Å². The van der Waals surface area contributed by atoms with Crippen molar-refractivity contribution >= 4 is 29.8 Å². The summed E-state index contributed by atoms with van der Waals surface area (Å²) in [6.45, 7) is 17.0. The number of cyclic esters (lactones) is 1. The molecule has 0 aromatic carbocycles. The van der Waals surface area contributed by atoms with Gasteiger partial charge in [0, 0.05) is 41.9 Å².